The van der Waals surface area contributed by atoms with Gasteiger partial charge in [-0.25, -0.2) is 0 Å². The van der Waals surface area contributed by atoms with E-state index in [9.17, 15) is 4.79 Å². The van der Waals surface area contributed by atoms with E-state index in [0.717, 1.165) is 15.6 Å². The van der Waals surface area contributed by atoms with E-state index in [1.54, 1.807) is 31.2 Å². The van der Waals surface area contributed by atoms with Gasteiger partial charge >= 0.3 is 0 Å². The van der Waals surface area contributed by atoms with E-state index >= 15 is 0 Å². The number of hydrogen-bond donors (Lipinski definition) is 2. The molecule has 0 aliphatic heterocycles. The topological polar surface area (TPSA) is 61.7 Å². The lowest BCUT2D eigenvalue weighted by molar-refractivity contribution is 0.102. The van der Waals surface area contributed by atoms with E-state index in [4.69, 9.17) is 5.21 Å². The van der Waals surface area contributed by atoms with E-state index < -0.39 is 0 Å². The molecule has 108 valence electrons. The average Bonchev–Trinajstić information content (AvgIpc) is 2.45. The molecule has 0 aromatic heterocycles. The Morgan fingerprint density at radius 1 is 1.19 bits per heavy atom. The van der Waals surface area contributed by atoms with Gasteiger partial charge in [0.15, 0.2) is 0 Å². The molecule has 0 aliphatic rings. The highest BCUT2D eigenvalue weighted by Crippen LogP contribution is 2.18. The maximum atomic E-state index is 12.3. The van der Waals surface area contributed by atoms with Gasteiger partial charge in [0, 0.05) is 21.3 Å². The highest BCUT2D eigenvalue weighted by atomic mass is 79.9. The lowest BCUT2D eigenvalue weighted by Gasteiger charge is -2.08. The largest absolute Gasteiger partial charge is 0.411 e. The number of carbonyl (C=O) groups is 1. The summed E-state index contributed by atoms with van der Waals surface area (Å²) in [5.74, 6) is -0.185. The van der Waals surface area contributed by atoms with Crippen molar-refractivity contribution in [2.45, 2.75) is 13.8 Å². The first-order valence-corrected chi connectivity index (χ1v) is 7.16. The minimum Gasteiger partial charge on any atom is -0.411 e. The molecule has 0 heterocycles. The number of rotatable bonds is 3. The van der Waals surface area contributed by atoms with E-state index in [2.05, 4.69) is 26.4 Å². The smallest absolute Gasteiger partial charge is 0.255 e. The SMILES string of the molecule is C/C(=N/O)c1cccc(NC(=O)c2cc(C)cc(Br)c2)c1. The lowest BCUT2D eigenvalue weighted by Crippen LogP contribution is -2.12. The van der Waals surface area contributed by atoms with E-state index in [1.165, 1.54) is 0 Å². The summed E-state index contributed by atoms with van der Waals surface area (Å²) < 4.78 is 0.865. The van der Waals surface area contributed by atoms with Gasteiger partial charge in [0.2, 0.25) is 0 Å². The standard InChI is InChI=1S/C16H15BrN2O2/c1-10-6-13(8-14(17)7-10)16(20)18-15-5-3-4-12(9-15)11(2)19-21/h3-9,21H,1-2H3,(H,18,20)/b19-11-. The Bertz CT molecular complexity index is 691. The van der Waals surface area contributed by atoms with E-state index in [-0.39, 0.29) is 5.91 Å². The van der Waals surface area contributed by atoms with Gasteiger partial charge in [-0.05, 0) is 49.7 Å². The van der Waals surface area contributed by atoms with E-state index in [0.29, 0.717) is 17.0 Å². The average molecular weight is 347 g/mol. The molecule has 5 heteroatoms. The molecule has 0 bridgehead atoms. The van der Waals surface area contributed by atoms with Gasteiger partial charge in [0.25, 0.3) is 5.91 Å². The Morgan fingerprint density at radius 2 is 1.95 bits per heavy atom. The summed E-state index contributed by atoms with van der Waals surface area (Å²) in [6.07, 6.45) is 0. The molecule has 1 amide bonds. The Morgan fingerprint density at radius 3 is 2.62 bits per heavy atom. The molecule has 0 fully saturated rings. The summed E-state index contributed by atoms with van der Waals surface area (Å²) in [6.45, 7) is 3.63. The number of oxime groups is 1. The molecule has 2 N–H and O–H groups in total. The summed E-state index contributed by atoms with van der Waals surface area (Å²) in [6, 6.07) is 12.7. The molecule has 2 rings (SSSR count). The number of anilines is 1. The molecule has 0 saturated heterocycles. The van der Waals surface area contributed by atoms with Crippen LogP contribution in [-0.4, -0.2) is 16.8 Å². The van der Waals surface area contributed by atoms with Gasteiger partial charge in [-0.3, -0.25) is 4.79 Å². The number of nitrogens with one attached hydrogen (secondary N) is 1. The number of hydrogen-bond acceptors (Lipinski definition) is 3. The second-order valence-electron chi connectivity index (χ2n) is 4.74. The van der Waals surface area contributed by atoms with Crippen LogP contribution in [0.15, 0.2) is 52.1 Å². The van der Waals surface area contributed by atoms with Crippen LogP contribution in [0.3, 0.4) is 0 Å². The fourth-order valence-corrected chi connectivity index (χ4v) is 2.56. The maximum Gasteiger partial charge on any atom is 0.255 e. The van der Waals surface area contributed by atoms with Crippen molar-refractivity contribution in [1.82, 2.24) is 0 Å². The minimum atomic E-state index is -0.185. The maximum absolute atomic E-state index is 12.3. The van der Waals surface area contributed by atoms with Gasteiger partial charge in [-0.15, -0.1) is 0 Å². The predicted molar refractivity (Wildman–Crippen MR) is 87.3 cm³/mol. The van der Waals surface area contributed by atoms with Crippen LogP contribution < -0.4 is 5.32 Å². The van der Waals surface area contributed by atoms with Crippen molar-refractivity contribution in [3.63, 3.8) is 0 Å². The molecule has 0 atom stereocenters. The molecular formula is C16H15BrN2O2. The Kier molecular flexibility index (Phi) is 4.75. The molecule has 0 aliphatic carbocycles. The molecular weight excluding hydrogens is 332 g/mol. The van der Waals surface area contributed by atoms with Crippen LogP contribution in [-0.2, 0) is 0 Å². The summed E-state index contributed by atoms with van der Waals surface area (Å²) in [5.41, 5.74) is 3.48. The molecule has 0 spiro atoms. The van der Waals surface area contributed by atoms with Crippen molar-refractivity contribution in [1.29, 1.82) is 0 Å². The van der Waals surface area contributed by atoms with Crippen LogP contribution in [0.1, 0.15) is 28.4 Å². The van der Waals surface area contributed by atoms with Crippen molar-refractivity contribution in [2.24, 2.45) is 5.16 Å². The van der Waals surface area contributed by atoms with Crippen LogP contribution >= 0.6 is 15.9 Å². The normalized spacial score (nSPS) is 11.3. The Hall–Kier alpha value is -2.14. The van der Waals surface area contributed by atoms with Crippen molar-refractivity contribution in [3.8, 4) is 0 Å². The molecule has 2 aromatic carbocycles. The predicted octanol–water partition coefficient (Wildman–Crippen LogP) is 4.21. The van der Waals surface area contributed by atoms with Crippen molar-refractivity contribution in [3.05, 3.63) is 63.6 Å². The lowest BCUT2D eigenvalue weighted by atomic mass is 10.1. The zero-order valence-electron chi connectivity index (χ0n) is 11.7. The monoisotopic (exact) mass is 346 g/mol. The van der Waals surface area contributed by atoms with E-state index in [1.807, 2.05) is 25.1 Å². The Balaban J connectivity index is 2.23. The van der Waals surface area contributed by atoms with Gasteiger partial charge in [0.1, 0.15) is 0 Å². The summed E-state index contributed by atoms with van der Waals surface area (Å²) in [5, 5.41) is 14.8. The van der Waals surface area contributed by atoms with Crippen molar-refractivity contribution in [2.75, 3.05) is 5.32 Å². The number of amides is 1. The zero-order chi connectivity index (χ0) is 15.4. The highest BCUT2D eigenvalue weighted by Gasteiger charge is 2.08. The fourth-order valence-electron chi connectivity index (χ4n) is 1.95. The summed E-state index contributed by atoms with van der Waals surface area (Å²) >= 11 is 3.38. The van der Waals surface area contributed by atoms with Crippen LogP contribution in [0.4, 0.5) is 5.69 Å². The number of benzene rings is 2. The highest BCUT2D eigenvalue weighted by molar-refractivity contribution is 9.10. The second-order valence-corrected chi connectivity index (χ2v) is 5.65. The quantitative estimate of drug-likeness (QED) is 0.496. The van der Waals surface area contributed by atoms with Gasteiger partial charge in [-0.1, -0.05) is 33.2 Å². The van der Waals surface area contributed by atoms with Crippen LogP contribution in [0.5, 0.6) is 0 Å². The number of nitrogens with zero attached hydrogens (tertiary/aromatic N) is 1. The number of aryl methyl sites for hydroxylation is 1. The third-order valence-electron chi connectivity index (χ3n) is 2.99. The number of carbonyl (C=O) groups excluding carboxylic acids is 1. The van der Waals surface area contributed by atoms with Gasteiger partial charge in [0.05, 0.1) is 5.71 Å². The van der Waals surface area contributed by atoms with Crippen LogP contribution in [0.25, 0.3) is 0 Å². The second kappa shape index (κ2) is 6.54. The first-order valence-electron chi connectivity index (χ1n) is 6.37. The third-order valence-corrected chi connectivity index (χ3v) is 3.45. The minimum absolute atomic E-state index is 0.185. The van der Waals surface area contributed by atoms with Crippen LogP contribution in [0, 0.1) is 6.92 Å². The van der Waals surface area contributed by atoms with Crippen molar-refractivity contribution < 1.29 is 10.0 Å². The fraction of sp³-hybridized carbons (Fsp3) is 0.125. The van der Waals surface area contributed by atoms with Gasteiger partial charge < -0.3 is 10.5 Å². The molecule has 0 radical (unpaired) electrons. The first kappa shape index (κ1) is 15.3. The Labute approximate surface area is 131 Å². The number of halogens is 1. The zero-order valence-corrected chi connectivity index (χ0v) is 13.3. The summed E-state index contributed by atoms with van der Waals surface area (Å²) in [7, 11) is 0. The molecule has 0 unspecified atom stereocenters. The molecule has 4 nitrogen and oxygen atoms in total. The van der Waals surface area contributed by atoms with Gasteiger partial charge in [-0.2, -0.15) is 0 Å². The first-order chi connectivity index (χ1) is 9.99. The van der Waals surface area contributed by atoms with Crippen molar-refractivity contribution >= 4 is 33.2 Å². The summed E-state index contributed by atoms with van der Waals surface area (Å²) in [4.78, 5) is 12.3. The van der Waals surface area contributed by atoms with Crippen LogP contribution in [0.2, 0.25) is 0 Å². The molecule has 21 heavy (non-hydrogen) atoms. The molecule has 0 saturated carbocycles. The molecule has 2 aromatic rings. The third kappa shape index (κ3) is 3.92.